The first kappa shape index (κ1) is 15.6. The van der Waals surface area contributed by atoms with Crippen molar-refractivity contribution in [3.05, 3.63) is 29.8 Å². The molecule has 0 aromatic heterocycles. The van der Waals surface area contributed by atoms with Gasteiger partial charge in [-0.25, -0.2) is 0 Å². The van der Waals surface area contributed by atoms with Crippen LogP contribution in [0.5, 0.6) is 5.75 Å². The maximum Gasteiger partial charge on any atom is 0.219 e. The fraction of sp³-hybridized carbons (Fsp3) is 0.562. The summed E-state index contributed by atoms with van der Waals surface area (Å²) in [5.41, 5.74) is 1.40. The van der Waals surface area contributed by atoms with Gasteiger partial charge in [0.05, 0.1) is 13.7 Å². The van der Waals surface area contributed by atoms with Crippen molar-refractivity contribution in [1.82, 2.24) is 0 Å². The molecule has 0 amide bonds. The molecule has 1 fully saturated rings. The van der Waals surface area contributed by atoms with E-state index < -0.39 is 0 Å². The average Bonchev–Trinajstić information content (AvgIpc) is 2.94. The van der Waals surface area contributed by atoms with E-state index in [0.29, 0.717) is 22.8 Å². The highest BCUT2D eigenvalue weighted by Gasteiger charge is 2.29. The van der Waals surface area contributed by atoms with Crippen molar-refractivity contribution >= 4 is 28.4 Å². The Balaban J connectivity index is 1.97. The molecule has 1 saturated carbocycles. The predicted molar refractivity (Wildman–Crippen MR) is 89.8 cm³/mol. The van der Waals surface area contributed by atoms with E-state index >= 15 is 0 Å². The molecule has 2 atom stereocenters. The maximum absolute atomic E-state index is 5.35. The van der Waals surface area contributed by atoms with Crippen LogP contribution in [-0.2, 0) is 4.74 Å². The zero-order chi connectivity index (χ0) is 14.4. The normalized spacial score (nSPS) is 21.7. The zero-order valence-corrected chi connectivity index (χ0v) is 13.8. The van der Waals surface area contributed by atoms with Gasteiger partial charge in [-0.15, -0.1) is 0 Å². The summed E-state index contributed by atoms with van der Waals surface area (Å²) in [5, 5.41) is 0. The minimum absolute atomic E-state index is 0.627. The monoisotopic (exact) mass is 310 g/mol. The van der Waals surface area contributed by atoms with Gasteiger partial charge in [-0.2, -0.15) is 0 Å². The summed E-state index contributed by atoms with van der Waals surface area (Å²) < 4.78 is 11.4. The molecule has 0 heterocycles. The Kier molecular flexibility index (Phi) is 6.17. The molecular weight excluding hydrogens is 288 g/mol. The molecular formula is C16H22O2S2. The van der Waals surface area contributed by atoms with E-state index in [1.165, 1.54) is 24.8 Å². The van der Waals surface area contributed by atoms with E-state index in [9.17, 15) is 0 Å². The second kappa shape index (κ2) is 7.89. The Labute approximate surface area is 131 Å². The molecule has 0 N–H and O–H groups in total. The summed E-state index contributed by atoms with van der Waals surface area (Å²) in [6.07, 6.45) is 3.85. The van der Waals surface area contributed by atoms with Crippen molar-refractivity contribution in [2.24, 2.45) is 5.92 Å². The average molecular weight is 310 g/mol. The summed E-state index contributed by atoms with van der Waals surface area (Å²) >= 11 is 6.89. The number of benzene rings is 1. The van der Waals surface area contributed by atoms with Crippen LogP contribution in [0.25, 0.3) is 0 Å². The molecule has 2 rings (SSSR count). The van der Waals surface area contributed by atoms with Gasteiger partial charge in [0.25, 0.3) is 0 Å². The van der Waals surface area contributed by atoms with Crippen LogP contribution < -0.4 is 4.74 Å². The van der Waals surface area contributed by atoms with Gasteiger partial charge in [0.15, 0.2) is 0 Å². The molecule has 20 heavy (non-hydrogen) atoms. The van der Waals surface area contributed by atoms with Crippen LogP contribution in [0.3, 0.4) is 0 Å². The van der Waals surface area contributed by atoms with Gasteiger partial charge in [-0.1, -0.05) is 30.3 Å². The Morgan fingerprint density at radius 1 is 1.40 bits per heavy atom. The van der Waals surface area contributed by atoms with Crippen molar-refractivity contribution in [2.75, 3.05) is 19.5 Å². The summed E-state index contributed by atoms with van der Waals surface area (Å²) in [6.45, 7) is 2.64. The smallest absolute Gasteiger partial charge is 0.219 e. The largest absolute Gasteiger partial charge is 0.497 e. The number of hydrogen-bond donors (Lipinski definition) is 0. The van der Waals surface area contributed by atoms with Gasteiger partial charge in [-0.3, -0.25) is 0 Å². The molecule has 0 unspecified atom stereocenters. The number of thioether (sulfide) groups is 1. The van der Waals surface area contributed by atoms with Gasteiger partial charge in [0.2, 0.25) is 4.38 Å². The molecule has 0 saturated heterocycles. The Morgan fingerprint density at radius 2 is 2.25 bits per heavy atom. The summed E-state index contributed by atoms with van der Waals surface area (Å²) in [5.74, 6) is 3.32. The van der Waals surface area contributed by atoms with Gasteiger partial charge in [-0.05, 0) is 61.5 Å². The van der Waals surface area contributed by atoms with E-state index in [2.05, 4.69) is 18.2 Å². The van der Waals surface area contributed by atoms with Crippen LogP contribution in [0.15, 0.2) is 24.3 Å². The molecule has 0 spiro atoms. The summed E-state index contributed by atoms with van der Waals surface area (Å²) in [7, 11) is 1.72. The minimum atomic E-state index is 0.627. The van der Waals surface area contributed by atoms with E-state index in [4.69, 9.17) is 21.7 Å². The second-order valence-electron chi connectivity index (χ2n) is 5.07. The van der Waals surface area contributed by atoms with Gasteiger partial charge in [0, 0.05) is 5.75 Å². The third kappa shape index (κ3) is 4.13. The van der Waals surface area contributed by atoms with Crippen molar-refractivity contribution in [2.45, 2.75) is 32.1 Å². The van der Waals surface area contributed by atoms with Crippen molar-refractivity contribution in [3.8, 4) is 5.75 Å². The standard InChI is InChI=1S/C16H22O2S2/c1-3-18-16(19)20-11-13-7-5-9-15(13)12-6-4-8-14(10-12)17-2/h4,6,8,10,13,15H,3,5,7,9,11H2,1-2H3/t13-,15-/m0/s1. The SMILES string of the molecule is CCOC(=S)SC[C@@H]1CCC[C@H]1c1cccc(OC)c1. The quantitative estimate of drug-likeness (QED) is 0.738. The van der Waals surface area contributed by atoms with Gasteiger partial charge < -0.3 is 9.47 Å². The summed E-state index contributed by atoms with van der Waals surface area (Å²) in [4.78, 5) is 0. The third-order valence-electron chi connectivity index (χ3n) is 3.86. The van der Waals surface area contributed by atoms with Crippen LogP contribution in [0.4, 0.5) is 0 Å². The van der Waals surface area contributed by atoms with E-state index in [-0.39, 0.29) is 0 Å². The molecule has 4 heteroatoms. The van der Waals surface area contributed by atoms with Crippen LogP contribution in [0.2, 0.25) is 0 Å². The number of methoxy groups -OCH3 is 1. The Morgan fingerprint density at radius 3 is 3.00 bits per heavy atom. The van der Waals surface area contributed by atoms with Crippen molar-refractivity contribution in [1.29, 1.82) is 0 Å². The Bertz CT molecular complexity index is 448. The van der Waals surface area contributed by atoms with Crippen LogP contribution >= 0.6 is 24.0 Å². The van der Waals surface area contributed by atoms with Crippen molar-refractivity contribution in [3.63, 3.8) is 0 Å². The minimum Gasteiger partial charge on any atom is -0.497 e. The lowest BCUT2D eigenvalue weighted by Gasteiger charge is -2.20. The number of rotatable bonds is 5. The Hall–Kier alpha value is -0.740. The van der Waals surface area contributed by atoms with Crippen LogP contribution in [0.1, 0.15) is 37.7 Å². The zero-order valence-electron chi connectivity index (χ0n) is 12.1. The molecule has 0 aliphatic heterocycles. The molecule has 1 aliphatic rings. The lowest BCUT2D eigenvalue weighted by Crippen LogP contribution is -2.11. The highest BCUT2D eigenvalue weighted by Crippen LogP contribution is 2.42. The number of hydrogen-bond acceptors (Lipinski definition) is 4. The van der Waals surface area contributed by atoms with E-state index in [1.807, 2.05) is 13.0 Å². The number of thiocarbonyl (C=S) groups is 1. The van der Waals surface area contributed by atoms with E-state index in [1.54, 1.807) is 18.9 Å². The second-order valence-corrected chi connectivity index (χ2v) is 6.69. The molecule has 1 aromatic rings. The highest BCUT2D eigenvalue weighted by molar-refractivity contribution is 8.22. The van der Waals surface area contributed by atoms with Gasteiger partial charge >= 0.3 is 0 Å². The summed E-state index contributed by atoms with van der Waals surface area (Å²) in [6, 6.07) is 8.49. The fourth-order valence-corrected chi connectivity index (χ4v) is 4.15. The molecule has 110 valence electrons. The van der Waals surface area contributed by atoms with E-state index in [0.717, 1.165) is 11.5 Å². The lowest BCUT2D eigenvalue weighted by atomic mass is 9.90. The maximum atomic E-state index is 5.35. The number of ether oxygens (including phenoxy) is 2. The lowest BCUT2D eigenvalue weighted by molar-refractivity contribution is 0.346. The molecule has 2 nitrogen and oxygen atoms in total. The van der Waals surface area contributed by atoms with Crippen LogP contribution in [-0.4, -0.2) is 23.9 Å². The first-order valence-electron chi connectivity index (χ1n) is 7.18. The predicted octanol–water partition coefficient (Wildman–Crippen LogP) is 4.63. The first-order chi connectivity index (χ1) is 9.74. The van der Waals surface area contributed by atoms with Crippen LogP contribution in [0, 0.1) is 5.92 Å². The topological polar surface area (TPSA) is 18.5 Å². The molecule has 1 aromatic carbocycles. The molecule has 0 bridgehead atoms. The van der Waals surface area contributed by atoms with Crippen molar-refractivity contribution < 1.29 is 9.47 Å². The molecule has 0 radical (unpaired) electrons. The fourth-order valence-electron chi connectivity index (χ4n) is 2.88. The first-order valence-corrected chi connectivity index (χ1v) is 8.57. The van der Waals surface area contributed by atoms with Gasteiger partial charge in [0.1, 0.15) is 5.75 Å². The third-order valence-corrected chi connectivity index (χ3v) is 5.28. The highest BCUT2D eigenvalue weighted by atomic mass is 32.2. The molecule has 1 aliphatic carbocycles.